The van der Waals surface area contributed by atoms with E-state index in [1.807, 2.05) is 0 Å². The van der Waals surface area contributed by atoms with Gasteiger partial charge >= 0.3 is 0 Å². The Morgan fingerprint density at radius 1 is 1.00 bits per heavy atom. The predicted octanol–water partition coefficient (Wildman–Crippen LogP) is 3.17. The molecule has 3 rings (SSSR count). The molecule has 1 aliphatic carbocycles. The maximum atomic E-state index is 12.5. The molecule has 1 aliphatic rings. The maximum absolute atomic E-state index is 12.5. The molecule has 26 heavy (non-hydrogen) atoms. The van der Waals surface area contributed by atoms with E-state index in [1.165, 1.54) is 24.3 Å². The van der Waals surface area contributed by atoms with Gasteiger partial charge in [-0.25, -0.2) is 8.42 Å². The van der Waals surface area contributed by atoms with Crippen LogP contribution in [0.4, 0.5) is 5.69 Å². The first-order valence-corrected chi connectivity index (χ1v) is 10.0. The zero-order valence-electron chi connectivity index (χ0n) is 14.6. The average molecular weight is 374 g/mol. The van der Waals surface area contributed by atoms with Crippen molar-refractivity contribution in [2.45, 2.75) is 36.6 Å². The third-order valence-corrected chi connectivity index (χ3v) is 5.86. The summed E-state index contributed by atoms with van der Waals surface area (Å²) >= 11 is 0. The van der Waals surface area contributed by atoms with E-state index in [9.17, 15) is 13.2 Å². The van der Waals surface area contributed by atoms with Gasteiger partial charge in [0.2, 0.25) is 0 Å². The van der Waals surface area contributed by atoms with Gasteiger partial charge in [-0.05, 0) is 61.4 Å². The summed E-state index contributed by atoms with van der Waals surface area (Å²) in [6.07, 6.45) is 4.28. The Kier molecular flexibility index (Phi) is 5.46. The van der Waals surface area contributed by atoms with Crippen LogP contribution < -0.4 is 14.8 Å². The summed E-state index contributed by atoms with van der Waals surface area (Å²) in [5, 5.41) is 2.99. The number of hydrogen-bond acceptors (Lipinski definition) is 4. The fourth-order valence-corrected chi connectivity index (χ4v) is 4.06. The number of nitrogens with one attached hydrogen (secondary N) is 2. The molecule has 6 nitrogen and oxygen atoms in total. The number of carbonyl (C=O) groups excluding carboxylic acids is 1. The van der Waals surface area contributed by atoms with Crippen molar-refractivity contribution in [1.82, 2.24) is 5.32 Å². The summed E-state index contributed by atoms with van der Waals surface area (Å²) in [6, 6.07) is 12.8. The van der Waals surface area contributed by atoms with E-state index in [0.29, 0.717) is 17.0 Å². The highest BCUT2D eigenvalue weighted by atomic mass is 32.2. The Hall–Kier alpha value is -2.54. The monoisotopic (exact) mass is 374 g/mol. The summed E-state index contributed by atoms with van der Waals surface area (Å²) in [5.41, 5.74) is 0.897. The van der Waals surface area contributed by atoms with E-state index in [1.54, 1.807) is 31.4 Å². The molecule has 0 aliphatic heterocycles. The summed E-state index contributed by atoms with van der Waals surface area (Å²) in [7, 11) is -2.18. The molecule has 0 unspecified atom stereocenters. The first-order chi connectivity index (χ1) is 12.5. The number of carbonyl (C=O) groups is 1. The standard InChI is InChI=1S/C19H22N2O4S/c1-25-17-10-8-16(9-11-17)21-26(23,24)18-12-6-14(7-13-18)19(22)20-15-4-2-3-5-15/h6-13,15,21H,2-5H2,1H3,(H,20,22). The van der Waals surface area contributed by atoms with Gasteiger partial charge < -0.3 is 10.1 Å². The zero-order chi connectivity index (χ0) is 18.6. The van der Waals surface area contributed by atoms with Crippen LogP contribution in [-0.2, 0) is 10.0 Å². The van der Waals surface area contributed by atoms with Gasteiger partial charge in [-0.3, -0.25) is 9.52 Å². The number of methoxy groups -OCH3 is 1. The fraction of sp³-hybridized carbons (Fsp3) is 0.316. The van der Waals surface area contributed by atoms with E-state index in [4.69, 9.17) is 4.74 Å². The van der Waals surface area contributed by atoms with E-state index in [0.717, 1.165) is 25.7 Å². The summed E-state index contributed by atoms with van der Waals surface area (Å²) in [6.45, 7) is 0. The van der Waals surface area contributed by atoms with Gasteiger partial charge in [0, 0.05) is 17.3 Å². The van der Waals surface area contributed by atoms with Gasteiger partial charge in [-0.1, -0.05) is 12.8 Å². The fourth-order valence-electron chi connectivity index (χ4n) is 3.00. The Labute approximate surface area is 153 Å². The van der Waals surface area contributed by atoms with E-state index in [-0.39, 0.29) is 16.8 Å². The van der Waals surface area contributed by atoms with E-state index >= 15 is 0 Å². The van der Waals surface area contributed by atoms with E-state index < -0.39 is 10.0 Å². The summed E-state index contributed by atoms with van der Waals surface area (Å²) in [5.74, 6) is 0.481. The molecular formula is C19H22N2O4S. The third kappa shape index (κ3) is 4.35. The van der Waals surface area contributed by atoms with Crippen LogP contribution in [0.15, 0.2) is 53.4 Å². The van der Waals surface area contributed by atoms with Gasteiger partial charge in [0.05, 0.1) is 12.0 Å². The smallest absolute Gasteiger partial charge is 0.261 e. The lowest BCUT2D eigenvalue weighted by Crippen LogP contribution is -2.32. The number of sulfonamides is 1. The highest BCUT2D eigenvalue weighted by molar-refractivity contribution is 7.92. The van der Waals surface area contributed by atoms with Crippen molar-refractivity contribution in [1.29, 1.82) is 0 Å². The second-order valence-electron chi connectivity index (χ2n) is 6.31. The van der Waals surface area contributed by atoms with Gasteiger partial charge in [0.15, 0.2) is 0 Å². The van der Waals surface area contributed by atoms with E-state index in [2.05, 4.69) is 10.0 Å². The van der Waals surface area contributed by atoms with Crippen LogP contribution in [0, 0.1) is 0 Å². The van der Waals surface area contributed by atoms with Crippen LogP contribution in [-0.4, -0.2) is 27.5 Å². The minimum absolute atomic E-state index is 0.103. The van der Waals surface area contributed by atoms with Crippen LogP contribution >= 0.6 is 0 Å². The Balaban J connectivity index is 1.68. The van der Waals surface area contributed by atoms with Crippen molar-refractivity contribution in [3.63, 3.8) is 0 Å². The largest absolute Gasteiger partial charge is 0.497 e. The summed E-state index contributed by atoms with van der Waals surface area (Å²) in [4.78, 5) is 12.3. The van der Waals surface area contributed by atoms with Crippen molar-refractivity contribution in [3.8, 4) is 5.75 Å². The molecule has 0 bridgehead atoms. The van der Waals surface area contributed by atoms with Crippen LogP contribution in [0.5, 0.6) is 5.75 Å². The average Bonchev–Trinajstić information content (AvgIpc) is 3.15. The first-order valence-electron chi connectivity index (χ1n) is 8.56. The van der Waals surface area contributed by atoms with Gasteiger partial charge in [-0.15, -0.1) is 0 Å². The molecule has 1 fully saturated rings. The van der Waals surface area contributed by atoms with Crippen LogP contribution in [0.2, 0.25) is 0 Å². The molecule has 0 aromatic heterocycles. The quantitative estimate of drug-likeness (QED) is 0.813. The molecule has 0 heterocycles. The zero-order valence-corrected chi connectivity index (χ0v) is 15.4. The van der Waals surface area contributed by atoms with Crippen LogP contribution in [0.1, 0.15) is 36.0 Å². The third-order valence-electron chi connectivity index (χ3n) is 4.46. The molecule has 2 aromatic carbocycles. The van der Waals surface area contributed by atoms with Crippen molar-refractivity contribution >= 4 is 21.6 Å². The van der Waals surface area contributed by atoms with Crippen LogP contribution in [0.3, 0.4) is 0 Å². The molecule has 2 N–H and O–H groups in total. The molecule has 1 saturated carbocycles. The second kappa shape index (κ2) is 7.78. The van der Waals surface area contributed by atoms with Crippen LogP contribution in [0.25, 0.3) is 0 Å². The first kappa shape index (κ1) is 18.3. The second-order valence-corrected chi connectivity index (χ2v) is 8.00. The molecular weight excluding hydrogens is 352 g/mol. The molecule has 0 radical (unpaired) electrons. The van der Waals surface area contributed by atoms with Gasteiger partial charge in [0.25, 0.3) is 15.9 Å². The van der Waals surface area contributed by atoms with Crippen molar-refractivity contribution < 1.29 is 17.9 Å². The highest BCUT2D eigenvalue weighted by Gasteiger charge is 2.19. The lowest BCUT2D eigenvalue weighted by atomic mass is 10.2. The minimum Gasteiger partial charge on any atom is -0.497 e. The SMILES string of the molecule is COc1ccc(NS(=O)(=O)c2ccc(C(=O)NC3CCCC3)cc2)cc1. The molecule has 0 atom stereocenters. The van der Waals surface area contributed by atoms with Crippen molar-refractivity contribution in [3.05, 3.63) is 54.1 Å². The molecule has 138 valence electrons. The Bertz CT molecular complexity index is 855. The number of benzene rings is 2. The Morgan fingerprint density at radius 3 is 2.19 bits per heavy atom. The van der Waals surface area contributed by atoms with Crippen molar-refractivity contribution in [2.24, 2.45) is 0 Å². The maximum Gasteiger partial charge on any atom is 0.261 e. The Morgan fingerprint density at radius 2 is 1.62 bits per heavy atom. The lowest BCUT2D eigenvalue weighted by molar-refractivity contribution is 0.0938. The molecule has 2 aromatic rings. The molecule has 7 heteroatoms. The topological polar surface area (TPSA) is 84.5 Å². The lowest BCUT2D eigenvalue weighted by Gasteiger charge is -2.12. The highest BCUT2D eigenvalue weighted by Crippen LogP contribution is 2.21. The molecule has 0 spiro atoms. The van der Waals surface area contributed by atoms with Gasteiger partial charge in [0.1, 0.15) is 5.75 Å². The number of ether oxygens (including phenoxy) is 1. The predicted molar refractivity (Wildman–Crippen MR) is 100.0 cm³/mol. The van der Waals surface area contributed by atoms with Crippen molar-refractivity contribution in [2.75, 3.05) is 11.8 Å². The number of amides is 1. The summed E-state index contributed by atoms with van der Waals surface area (Å²) < 4.78 is 32.5. The number of hydrogen-bond donors (Lipinski definition) is 2. The number of rotatable bonds is 6. The minimum atomic E-state index is -3.72. The molecule has 1 amide bonds. The molecule has 0 saturated heterocycles. The number of anilines is 1. The van der Waals surface area contributed by atoms with Gasteiger partial charge in [-0.2, -0.15) is 0 Å². The normalized spacial score (nSPS) is 14.8.